The van der Waals surface area contributed by atoms with Crippen LogP contribution in [-0.4, -0.2) is 0 Å². The van der Waals surface area contributed by atoms with Crippen molar-refractivity contribution in [2.45, 2.75) is 0 Å². The van der Waals surface area contributed by atoms with Gasteiger partial charge in [-0.25, -0.2) is 0 Å². The second kappa shape index (κ2) is 5.20. The van der Waals surface area contributed by atoms with Gasteiger partial charge in [-0.15, -0.1) is 0 Å². The summed E-state index contributed by atoms with van der Waals surface area (Å²) in [6, 6.07) is 2.92. The molecule has 2 aromatic rings. The minimum atomic E-state index is 0.127. The lowest BCUT2D eigenvalue weighted by Crippen LogP contribution is -2.01. The largest absolute Gasteiger partial charge is 0.448 e. The molecule has 0 aliphatic carbocycles. The molecule has 3 rings (SSSR count). The normalized spacial score (nSPS) is 12.3. The van der Waals surface area contributed by atoms with Gasteiger partial charge in [0.1, 0.15) is 10.0 Å². The highest BCUT2D eigenvalue weighted by Gasteiger charge is 2.29. The van der Waals surface area contributed by atoms with Crippen molar-refractivity contribution in [3.63, 3.8) is 0 Å². The summed E-state index contributed by atoms with van der Waals surface area (Å²) in [6.07, 6.45) is 0. The molecule has 20 heavy (non-hydrogen) atoms. The van der Waals surface area contributed by atoms with Gasteiger partial charge in [0.05, 0.1) is 20.1 Å². The number of hydrogen-bond donors (Lipinski definition) is 0. The highest BCUT2D eigenvalue weighted by atomic mass is 35.5. The Balaban J connectivity index is 2.24. The first-order valence-corrected chi connectivity index (χ1v) is 7.37. The molecule has 8 heteroatoms. The first-order chi connectivity index (χ1) is 9.40. The molecule has 0 radical (unpaired) electrons. The zero-order valence-electron chi connectivity index (χ0n) is 9.24. The third-order valence-corrected chi connectivity index (χ3v) is 4.88. The molecular formula is C12H2Cl6O2. The summed E-state index contributed by atoms with van der Waals surface area (Å²) < 4.78 is 11.3. The van der Waals surface area contributed by atoms with E-state index in [9.17, 15) is 0 Å². The molecule has 0 amide bonds. The van der Waals surface area contributed by atoms with Gasteiger partial charge in [0.15, 0.2) is 23.0 Å². The molecule has 0 saturated heterocycles. The first-order valence-electron chi connectivity index (χ1n) is 5.11. The van der Waals surface area contributed by atoms with E-state index in [4.69, 9.17) is 79.1 Å². The van der Waals surface area contributed by atoms with Crippen LogP contribution in [0.4, 0.5) is 0 Å². The molecule has 0 atom stereocenters. The summed E-state index contributed by atoms with van der Waals surface area (Å²) in [5, 5.41) is 1.18. The maximum atomic E-state index is 6.08. The lowest BCUT2D eigenvalue weighted by atomic mass is 10.2. The standard InChI is InChI=1S/C12H2Cl6O2/c13-3-1-5(15)10-12(8(3)17)19-6-2-4(14)7(16)9(18)11(6)20-10/h1-2H. The summed E-state index contributed by atoms with van der Waals surface area (Å²) in [5.74, 6) is 0.908. The van der Waals surface area contributed by atoms with E-state index in [-0.39, 0.29) is 53.1 Å². The summed E-state index contributed by atoms with van der Waals surface area (Å²) in [6.45, 7) is 0. The van der Waals surface area contributed by atoms with Gasteiger partial charge in [0.2, 0.25) is 0 Å². The van der Waals surface area contributed by atoms with Gasteiger partial charge in [0, 0.05) is 6.07 Å². The molecule has 2 aromatic carbocycles. The van der Waals surface area contributed by atoms with Crippen LogP contribution in [0.3, 0.4) is 0 Å². The van der Waals surface area contributed by atoms with Gasteiger partial charge >= 0.3 is 0 Å². The molecule has 1 aliphatic rings. The third kappa shape index (κ3) is 2.19. The smallest absolute Gasteiger partial charge is 0.191 e. The van der Waals surface area contributed by atoms with E-state index in [0.29, 0.717) is 0 Å². The number of fused-ring (bicyclic) bond motifs is 2. The zero-order valence-corrected chi connectivity index (χ0v) is 13.8. The van der Waals surface area contributed by atoms with E-state index in [1.165, 1.54) is 12.1 Å². The molecule has 0 spiro atoms. The van der Waals surface area contributed by atoms with Gasteiger partial charge in [-0.2, -0.15) is 0 Å². The predicted octanol–water partition coefficient (Wildman–Crippen LogP) is 7.50. The Kier molecular flexibility index (Phi) is 3.83. The van der Waals surface area contributed by atoms with Gasteiger partial charge in [-0.3, -0.25) is 0 Å². The van der Waals surface area contributed by atoms with Crippen LogP contribution in [0.5, 0.6) is 23.0 Å². The Labute approximate surface area is 144 Å². The van der Waals surface area contributed by atoms with Gasteiger partial charge < -0.3 is 9.47 Å². The zero-order chi connectivity index (χ0) is 14.6. The monoisotopic (exact) mass is 388 g/mol. The Hall–Kier alpha value is -0.220. The number of hydrogen-bond acceptors (Lipinski definition) is 2. The Bertz CT molecular complexity index is 744. The van der Waals surface area contributed by atoms with Crippen LogP contribution in [0, 0.1) is 0 Å². The van der Waals surface area contributed by atoms with Crippen molar-refractivity contribution in [1.82, 2.24) is 0 Å². The van der Waals surface area contributed by atoms with Crippen LogP contribution in [0.1, 0.15) is 0 Å². The van der Waals surface area contributed by atoms with E-state index in [0.717, 1.165) is 0 Å². The van der Waals surface area contributed by atoms with Crippen LogP contribution in [0.15, 0.2) is 12.1 Å². The predicted molar refractivity (Wildman–Crippen MR) is 83.1 cm³/mol. The highest BCUT2D eigenvalue weighted by molar-refractivity contribution is 6.49. The molecule has 0 unspecified atom stereocenters. The fourth-order valence-corrected chi connectivity index (χ4v) is 2.96. The molecule has 0 bridgehead atoms. The third-order valence-electron chi connectivity index (χ3n) is 2.59. The molecule has 0 saturated carbocycles. The molecule has 0 aromatic heterocycles. The van der Waals surface area contributed by atoms with Crippen molar-refractivity contribution in [2.75, 3.05) is 0 Å². The average Bonchev–Trinajstić information content (AvgIpc) is 2.41. The van der Waals surface area contributed by atoms with Crippen LogP contribution >= 0.6 is 69.6 Å². The number of halogens is 6. The molecule has 2 nitrogen and oxygen atoms in total. The first kappa shape index (κ1) is 14.7. The quantitative estimate of drug-likeness (QED) is 0.292. The summed E-state index contributed by atoms with van der Waals surface area (Å²) in [7, 11) is 0. The van der Waals surface area contributed by atoms with Crippen LogP contribution in [0.25, 0.3) is 0 Å². The van der Waals surface area contributed by atoms with E-state index >= 15 is 0 Å². The Morgan fingerprint density at radius 2 is 1.20 bits per heavy atom. The van der Waals surface area contributed by atoms with Crippen LogP contribution in [0.2, 0.25) is 30.1 Å². The number of ether oxygens (including phenoxy) is 2. The molecule has 104 valence electrons. The fraction of sp³-hybridized carbons (Fsp3) is 0. The van der Waals surface area contributed by atoms with Gasteiger partial charge in [-0.05, 0) is 6.07 Å². The molecule has 1 aliphatic heterocycles. The molecule has 0 fully saturated rings. The molecule has 0 N–H and O–H groups in total. The topological polar surface area (TPSA) is 18.5 Å². The van der Waals surface area contributed by atoms with E-state index in [1.807, 2.05) is 0 Å². The summed E-state index contributed by atoms with van der Waals surface area (Å²) in [4.78, 5) is 0. The second-order valence-electron chi connectivity index (χ2n) is 3.83. The van der Waals surface area contributed by atoms with Crippen LogP contribution in [-0.2, 0) is 0 Å². The van der Waals surface area contributed by atoms with Crippen molar-refractivity contribution in [2.24, 2.45) is 0 Å². The summed E-state index contributed by atoms with van der Waals surface area (Å²) in [5.41, 5.74) is 0. The van der Waals surface area contributed by atoms with Crippen molar-refractivity contribution in [3.05, 3.63) is 42.3 Å². The van der Waals surface area contributed by atoms with E-state index < -0.39 is 0 Å². The van der Waals surface area contributed by atoms with Gasteiger partial charge in [-0.1, -0.05) is 69.6 Å². The van der Waals surface area contributed by atoms with Crippen molar-refractivity contribution in [3.8, 4) is 23.0 Å². The number of benzene rings is 2. The van der Waals surface area contributed by atoms with Crippen molar-refractivity contribution < 1.29 is 9.47 Å². The number of rotatable bonds is 0. The minimum absolute atomic E-state index is 0.127. The maximum Gasteiger partial charge on any atom is 0.191 e. The average molecular weight is 391 g/mol. The van der Waals surface area contributed by atoms with Crippen molar-refractivity contribution >= 4 is 69.6 Å². The minimum Gasteiger partial charge on any atom is -0.448 e. The van der Waals surface area contributed by atoms with Crippen LogP contribution < -0.4 is 9.47 Å². The highest BCUT2D eigenvalue weighted by Crippen LogP contribution is 2.57. The van der Waals surface area contributed by atoms with Crippen molar-refractivity contribution in [1.29, 1.82) is 0 Å². The Morgan fingerprint density at radius 3 is 1.90 bits per heavy atom. The second-order valence-corrected chi connectivity index (χ2v) is 6.19. The van der Waals surface area contributed by atoms with E-state index in [2.05, 4.69) is 0 Å². The maximum absolute atomic E-state index is 6.08. The fourth-order valence-electron chi connectivity index (χ4n) is 1.68. The van der Waals surface area contributed by atoms with E-state index in [1.54, 1.807) is 0 Å². The summed E-state index contributed by atoms with van der Waals surface area (Å²) >= 11 is 36.1. The Morgan fingerprint density at radius 1 is 0.550 bits per heavy atom. The lowest BCUT2D eigenvalue weighted by molar-refractivity contribution is 0.360. The SMILES string of the molecule is Clc1cc2c(c(Cl)c1Cl)Oc1c(Cl)cc(Cl)c(Cl)c1O2. The lowest BCUT2D eigenvalue weighted by Gasteiger charge is -2.24. The van der Waals surface area contributed by atoms with Gasteiger partial charge in [0.25, 0.3) is 0 Å². The molecule has 1 heterocycles. The molecular weight excluding hydrogens is 389 g/mol.